The van der Waals surface area contributed by atoms with Crippen LogP contribution in [0.2, 0.25) is 0 Å². The zero-order chi connectivity index (χ0) is 14.3. The molecule has 1 unspecified atom stereocenters. The van der Waals surface area contributed by atoms with Crippen LogP contribution in [0.15, 0.2) is 18.5 Å². The van der Waals surface area contributed by atoms with Gasteiger partial charge in [0, 0.05) is 38.6 Å². The Bertz CT molecular complexity index is 387. The van der Waals surface area contributed by atoms with Crippen molar-refractivity contribution < 1.29 is 4.74 Å². The number of hydrogen-bond donors (Lipinski definition) is 0. The van der Waals surface area contributed by atoms with E-state index in [1.807, 2.05) is 23.1 Å². The normalized spacial score (nSPS) is 25.2. The topological polar surface area (TPSA) is 30.3 Å². The van der Waals surface area contributed by atoms with Gasteiger partial charge in [0.1, 0.15) is 0 Å². The Hall–Kier alpha value is -0.870. The third kappa shape index (κ3) is 4.82. The Labute approximate surface area is 128 Å². The fourth-order valence-electron chi connectivity index (χ4n) is 3.81. The van der Waals surface area contributed by atoms with E-state index >= 15 is 0 Å². The molecular weight excluding hydrogens is 262 g/mol. The largest absolute Gasteiger partial charge is 0.376 e. The van der Waals surface area contributed by atoms with E-state index in [-0.39, 0.29) is 0 Å². The maximum Gasteiger partial charge on any atom is 0.0705 e. The number of aryl methyl sites for hydroxylation is 1. The molecule has 1 saturated carbocycles. The third-order valence-electron chi connectivity index (χ3n) is 4.96. The second-order valence-corrected chi connectivity index (χ2v) is 6.66. The van der Waals surface area contributed by atoms with Crippen molar-refractivity contribution in [1.82, 2.24) is 14.7 Å². The molecule has 4 nitrogen and oxygen atoms in total. The van der Waals surface area contributed by atoms with Crippen LogP contribution in [-0.4, -0.2) is 47.0 Å². The molecule has 1 aliphatic heterocycles. The first kappa shape index (κ1) is 15.0. The van der Waals surface area contributed by atoms with Crippen molar-refractivity contribution in [2.75, 3.05) is 26.2 Å². The number of hydrogen-bond acceptors (Lipinski definition) is 3. The Morgan fingerprint density at radius 3 is 2.86 bits per heavy atom. The SMILES string of the molecule is c1cnn(CCCN2CCOC(CC3CCCCC3)C2)c1. The molecule has 1 aromatic heterocycles. The van der Waals surface area contributed by atoms with Crippen LogP contribution in [0.4, 0.5) is 0 Å². The summed E-state index contributed by atoms with van der Waals surface area (Å²) in [6.45, 7) is 5.34. The van der Waals surface area contributed by atoms with Crippen LogP contribution in [0.1, 0.15) is 44.9 Å². The minimum absolute atomic E-state index is 0.478. The Balaban J connectivity index is 1.36. The molecule has 118 valence electrons. The molecule has 3 rings (SSSR count). The van der Waals surface area contributed by atoms with Crippen LogP contribution in [0.25, 0.3) is 0 Å². The monoisotopic (exact) mass is 291 g/mol. The molecule has 1 aliphatic carbocycles. The van der Waals surface area contributed by atoms with Crippen molar-refractivity contribution in [3.8, 4) is 0 Å². The van der Waals surface area contributed by atoms with Gasteiger partial charge >= 0.3 is 0 Å². The molecule has 0 N–H and O–H groups in total. The average Bonchev–Trinajstić information content (AvgIpc) is 3.02. The minimum Gasteiger partial charge on any atom is -0.376 e. The molecule has 0 aromatic carbocycles. The molecule has 0 bridgehead atoms. The van der Waals surface area contributed by atoms with Crippen molar-refractivity contribution in [3.63, 3.8) is 0 Å². The van der Waals surface area contributed by atoms with Gasteiger partial charge in [-0.3, -0.25) is 9.58 Å². The van der Waals surface area contributed by atoms with Crippen LogP contribution in [0.3, 0.4) is 0 Å². The molecule has 1 saturated heterocycles. The number of nitrogens with zero attached hydrogens (tertiary/aromatic N) is 3. The molecule has 1 aromatic rings. The highest BCUT2D eigenvalue weighted by Crippen LogP contribution is 2.28. The third-order valence-corrected chi connectivity index (χ3v) is 4.96. The van der Waals surface area contributed by atoms with Gasteiger partial charge in [0.25, 0.3) is 0 Å². The summed E-state index contributed by atoms with van der Waals surface area (Å²) in [5.74, 6) is 0.924. The molecule has 2 heterocycles. The summed E-state index contributed by atoms with van der Waals surface area (Å²) >= 11 is 0. The van der Waals surface area contributed by atoms with E-state index in [0.717, 1.165) is 32.2 Å². The second-order valence-electron chi connectivity index (χ2n) is 6.66. The smallest absolute Gasteiger partial charge is 0.0705 e. The highest BCUT2D eigenvalue weighted by molar-refractivity contribution is 4.79. The standard InChI is InChI=1S/C17H29N3O/c1-2-6-16(7-3-1)14-17-15-19(12-13-21-17)9-5-11-20-10-4-8-18-20/h4,8,10,16-17H,1-3,5-7,9,11-15H2. The van der Waals surface area contributed by atoms with E-state index in [4.69, 9.17) is 4.74 Å². The van der Waals surface area contributed by atoms with Gasteiger partial charge in [-0.15, -0.1) is 0 Å². The Kier molecular flexibility index (Phi) is 5.69. The first-order valence-electron chi connectivity index (χ1n) is 8.71. The zero-order valence-corrected chi connectivity index (χ0v) is 13.1. The lowest BCUT2D eigenvalue weighted by Gasteiger charge is -2.35. The summed E-state index contributed by atoms with van der Waals surface area (Å²) in [6, 6.07) is 1.99. The van der Waals surface area contributed by atoms with Crippen LogP contribution in [0, 0.1) is 5.92 Å². The van der Waals surface area contributed by atoms with E-state index in [2.05, 4.69) is 10.00 Å². The molecule has 0 spiro atoms. The molecule has 0 amide bonds. The molecule has 0 radical (unpaired) electrons. The van der Waals surface area contributed by atoms with Crippen LogP contribution in [-0.2, 0) is 11.3 Å². The van der Waals surface area contributed by atoms with Gasteiger partial charge < -0.3 is 4.74 Å². The summed E-state index contributed by atoms with van der Waals surface area (Å²) in [6.07, 6.45) is 14.0. The second kappa shape index (κ2) is 7.95. The van der Waals surface area contributed by atoms with Crippen LogP contribution < -0.4 is 0 Å². The molecule has 4 heteroatoms. The Morgan fingerprint density at radius 1 is 1.14 bits per heavy atom. The van der Waals surface area contributed by atoms with E-state index in [9.17, 15) is 0 Å². The fraction of sp³-hybridized carbons (Fsp3) is 0.824. The lowest BCUT2D eigenvalue weighted by Crippen LogP contribution is -2.43. The molecular formula is C17H29N3O. The highest BCUT2D eigenvalue weighted by Gasteiger charge is 2.24. The van der Waals surface area contributed by atoms with E-state index < -0.39 is 0 Å². The van der Waals surface area contributed by atoms with Crippen molar-refractivity contribution in [3.05, 3.63) is 18.5 Å². The molecule has 2 fully saturated rings. The zero-order valence-electron chi connectivity index (χ0n) is 13.1. The summed E-state index contributed by atoms with van der Waals surface area (Å²) < 4.78 is 8.03. The first-order valence-corrected chi connectivity index (χ1v) is 8.71. The summed E-state index contributed by atoms with van der Waals surface area (Å²) in [5.41, 5.74) is 0. The first-order chi connectivity index (χ1) is 10.4. The van der Waals surface area contributed by atoms with E-state index in [1.54, 1.807) is 0 Å². The van der Waals surface area contributed by atoms with Gasteiger partial charge in [0.15, 0.2) is 0 Å². The Morgan fingerprint density at radius 2 is 2.05 bits per heavy atom. The van der Waals surface area contributed by atoms with Gasteiger partial charge in [-0.1, -0.05) is 32.1 Å². The number of ether oxygens (including phenoxy) is 1. The quantitative estimate of drug-likeness (QED) is 0.807. The lowest BCUT2D eigenvalue weighted by atomic mass is 9.85. The van der Waals surface area contributed by atoms with Crippen molar-refractivity contribution in [2.24, 2.45) is 5.92 Å². The van der Waals surface area contributed by atoms with Crippen molar-refractivity contribution in [1.29, 1.82) is 0 Å². The molecule has 2 aliphatic rings. The van der Waals surface area contributed by atoms with Gasteiger partial charge in [-0.05, 0) is 24.8 Å². The van der Waals surface area contributed by atoms with Gasteiger partial charge in [-0.25, -0.2) is 0 Å². The van der Waals surface area contributed by atoms with Gasteiger partial charge in [0.2, 0.25) is 0 Å². The highest BCUT2D eigenvalue weighted by atomic mass is 16.5. The maximum absolute atomic E-state index is 6.00. The van der Waals surface area contributed by atoms with Gasteiger partial charge in [0.05, 0.1) is 12.7 Å². The number of aromatic nitrogens is 2. The number of rotatable bonds is 6. The molecule has 21 heavy (non-hydrogen) atoms. The van der Waals surface area contributed by atoms with Crippen molar-refractivity contribution in [2.45, 2.75) is 57.6 Å². The fourth-order valence-corrected chi connectivity index (χ4v) is 3.81. The summed E-state index contributed by atoms with van der Waals surface area (Å²) in [4.78, 5) is 2.58. The maximum atomic E-state index is 6.00. The van der Waals surface area contributed by atoms with E-state index in [0.29, 0.717) is 6.10 Å². The minimum atomic E-state index is 0.478. The van der Waals surface area contributed by atoms with Crippen LogP contribution in [0.5, 0.6) is 0 Å². The predicted octanol–water partition coefficient (Wildman–Crippen LogP) is 2.94. The summed E-state index contributed by atoms with van der Waals surface area (Å²) in [5, 5.41) is 4.26. The lowest BCUT2D eigenvalue weighted by molar-refractivity contribution is -0.0417. The predicted molar refractivity (Wildman–Crippen MR) is 84.2 cm³/mol. The van der Waals surface area contributed by atoms with Crippen molar-refractivity contribution >= 4 is 0 Å². The van der Waals surface area contributed by atoms with Crippen LogP contribution >= 0.6 is 0 Å². The average molecular weight is 291 g/mol. The molecule has 1 atom stereocenters. The summed E-state index contributed by atoms with van der Waals surface area (Å²) in [7, 11) is 0. The number of morpholine rings is 1. The van der Waals surface area contributed by atoms with E-state index in [1.165, 1.54) is 51.5 Å². The van der Waals surface area contributed by atoms with Gasteiger partial charge in [-0.2, -0.15) is 5.10 Å².